The van der Waals surface area contributed by atoms with E-state index in [2.05, 4.69) is 0 Å². The maximum Gasteiger partial charge on any atom is 0.184 e. The summed E-state index contributed by atoms with van der Waals surface area (Å²) in [7, 11) is 1.62. The first-order chi connectivity index (χ1) is 8.56. The second kappa shape index (κ2) is 5.08. The molecule has 0 amide bonds. The smallest absolute Gasteiger partial charge is 0.184 e. The Bertz CT molecular complexity index is 410. The first-order valence-electron chi connectivity index (χ1n) is 5.93. The maximum atomic E-state index is 11.1. The van der Waals surface area contributed by atoms with Crippen LogP contribution in [0.3, 0.4) is 0 Å². The molecule has 1 aromatic rings. The monoisotopic (exact) mass is 250 g/mol. The fourth-order valence-corrected chi connectivity index (χ4v) is 1.88. The lowest BCUT2D eigenvalue weighted by Crippen LogP contribution is -2.43. The van der Waals surface area contributed by atoms with E-state index >= 15 is 0 Å². The highest BCUT2D eigenvalue weighted by atomic mass is 16.7. The van der Waals surface area contributed by atoms with Crippen molar-refractivity contribution in [2.24, 2.45) is 5.41 Å². The largest absolute Gasteiger partial charge is 0.497 e. The Morgan fingerprint density at radius 2 is 2.00 bits per heavy atom. The molecule has 0 N–H and O–H groups in total. The van der Waals surface area contributed by atoms with Gasteiger partial charge in [0.15, 0.2) is 6.29 Å². The van der Waals surface area contributed by atoms with Crippen molar-refractivity contribution in [3.8, 4) is 5.75 Å². The number of aldehydes is 1. The zero-order valence-electron chi connectivity index (χ0n) is 10.9. The van der Waals surface area contributed by atoms with Crippen LogP contribution in [0.5, 0.6) is 5.75 Å². The van der Waals surface area contributed by atoms with Crippen molar-refractivity contribution in [2.45, 2.75) is 26.2 Å². The molecule has 0 bridgehead atoms. The minimum atomic E-state index is -0.487. The molecule has 0 spiro atoms. The molecule has 18 heavy (non-hydrogen) atoms. The average Bonchev–Trinajstić information content (AvgIpc) is 2.39. The lowest BCUT2D eigenvalue weighted by Gasteiger charge is -2.39. The summed E-state index contributed by atoms with van der Waals surface area (Å²) in [5.74, 6) is 0.779. The van der Waals surface area contributed by atoms with Crippen molar-refractivity contribution in [3.63, 3.8) is 0 Å². The zero-order chi connectivity index (χ0) is 13.2. The Morgan fingerprint density at radius 3 is 2.56 bits per heavy atom. The zero-order valence-corrected chi connectivity index (χ0v) is 10.9. The molecule has 1 heterocycles. The number of ether oxygens (including phenoxy) is 3. The summed E-state index contributed by atoms with van der Waals surface area (Å²) < 4.78 is 16.4. The van der Waals surface area contributed by atoms with Crippen molar-refractivity contribution in [2.75, 3.05) is 13.7 Å². The van der Waals surface area contributed by atoms with Crippen molar-refractivity contribution < 1.29 is 19.0 Å². The van der Waals surface area contributed by atoms with Crippen LogP contribution in [-0.2, 0) is 14.3 Å². The third-order valence-electron chi connectivity index (χ3n) is 3.16. The van der Waals surface area contributed by atoms with Crippen LogP contribution in [-0.4, -0.2) is 26.1 Å². The van der Waals surface area contributed by atoms with Crippen LogP contribution in [0.25, 0.3) is 0 Å². The Hall–Kier alpha value is -1.39. The van der Waals surface area contributed by atoms with Gasteiger partial charge in [-0.05, 0) is 12.1 Å². The summed E-state index contributed by atoms with van der Waals surface area (Å²) in [4.78, 5) is 11.1. The van der Waals surface area contributed by atoms with Crippen LogP contribution >= 0.6 is 0 Å². The van der Waals surface area contributed by atoms with Gasteiger partial charge in [0.2, 0.25) is 0 Å². The van der Waals surface area contributed by atoms with Gasteiger partial charge < -0.3 is 19.0 Å². The second-order valence-corrected chi connectivity index (χ2v) is 5.10. The molecule has 0 radical (unpaired) electrons. The molecule has 4 nitrogen and oxygen atoms in total. The Balaban J connectivity index is 2.12. The number of carbonyl (C=O) groups is 1. The predicted octanol–water partition coefficient (Wildman–Crippen LogP) is 2.33. The topological polar surface area (TPSA) is 44.8 Å². The lowest BCUT2D eigenvalue weighted by atomic mass is 9.87. The van der Waals surface area contributed by atoms with Gasteiger partial charge in [0.1, 0.15) is 18.1 Å². The molecular formula is C14H18O4. The maximum absolute atomic E-state index is 11.1. The van der Waals surface area contributed by atoms with Crippen molar-refractivity contribution >= 4 is 6.29 Å². The highest BCUT2D eigenvalue weighted by Crippen LogP contribution is 2.35. The Labute approximate surface area is 107 Å². The summed E-state index contributed by atoms with van der Waals surface area (Å²) in [6.45, 7) is 4.40. The van der Waals surface area contributed by atoms with E-state index in [1.807, 2.05) is 38.1 Å². The SMILES string of the molecule is COc1ccc(C2OCC(C)(C)[C@H](C=O)O2)cc1. The number of methoxy groups -OCH3 is 1. The summed E-state index contributed by atoms with van der Waals surface area (Å²) >= 11 is 0. The van der Waals surface area contributed by atoms with Crippen LogP contribution in [0.15, 0.2) is 24.3 Å². The van der Waals surface area contributed by atoms with E-state index in [0.717, 1.165) is 17.6 Å². The number of hydrogen-bond acceptors (Lipinski definition) is 4. The normalized spacial score (nSPS) is 26.6. The number of benzene rings is 1. The van der Waals surface area contributed by atoms with Gasteiger partial charge in [0, 0.05) is 11.0 Å². The third kappa shape index (κ3) is 2.54. The Morgan fingerprint density at radius 1 is 1.33 bits per heavy atom. The summed E-state index contributed by atoms with van der Waals surface area (Å²) in [5, 5.41) is 0. The summed E-state index contributed by atoms with van der Waals surface area (Å²) in [5.41, 5.74) is 0.600. The molecule has 0 aromatic heterocycles. The van der Waals surface area contributed by atoms with Crippen molar-refractivity contribution in [3.05, 3.63) is 29.8 Å². The van der Waals surface area contributed by atoms with Gasteiger partial charge >= 0.3 is 0 Å². The molecule has 0 aliphatic carbocycles. The molecule has 1 aromatic carbocycles. The van der Waals surface area contributed by atoms with Crippen LogP contribution < -0.4 is 4.74 Å². The van der Waals surface area contributed by atoms with Gasteiger partial charge in [-0.3, -0.25) is 0 Å². The van der Waals surface area contributed by atoms with Crippen LogP contribution in [0.4, 0.5) is 0 Å². The minimum Gasteiger partial charge on any atom is -0.497 e. The summed E-state index contributed by atoms with van der Waals surface area (Å²) in [6, 6.07) is 7.45. The molecule has 2 atom stereocenters. The van der Waals surface area contributed by atoms with Crippen molar-refractivity contribution in [1.82, 2.24) is 0 Å². The van der Waals surface area contributed by atoms with E-state index in [1.165, 1.54) is 0 Å². The Kier molecular flexibility index (Phi) is 3.68. The highest BCUT2D eigenvalue weighted by Gasteiger charge is 2.38. The molecule has 0 saturated carbocycles. The van der Waals surface area contributed by atoms with Gasteiger partial charge in [-0.1, -0.05) is 26.0 Å². The first-order valence-corrected chi connectivity index (χ1v) is 5.93. The summed E-state index contributed by atoms with van der Waals surface area (Å²) in [6.07, 6.45) is -0.0866. The molecule has 1 aliphatic heterocycles. The first kappa shape index (κ1) is 13.1. The number of rotatable bonds is 3. The lowest BCUT2D eigenvalue weighted by molar-refractivity contribution is -0.253. The second-order valence-electron chi connectivity index (χ2n) is 5.10. The molecule has 2 rings (SSSR count). The van der Waals surface area contributed by atoms with Crippen LogP contribution in [0, 0.1) is 5.41 Å². The highest BCUT2D eigenvalue weighted by molar-refractivity contribution is 5.57. The molecule has 1 aliphatic rings. The van der Waals surface area contributed by atoms with Crippen LogP contribution in [0.1, 0.15) is 25.7 Å². The molecule has 98 valence electrons. The van der Waals surface area contributed by atoms with E-state index < -0.39 is 12.4 Å². The van der Waals surface area contributed by atoms with Gasteiger partial charge in [-0.15, -0.1) is 0 Å². The van der Waals surface area contributed by atoms with Gasteiger partial charge in [0.05, 0.1) is 13.7 Å². The molecular weight excluding hydrogens is 232 g/mol. The quantitative estimate of drug-likeness (QED) is 0.772. The van der Waals surface area contributed by atoms with E-state index in [0.29, 0.717) is 6.61 Å². The van der Waals surface area contributed by atoms with E-state index in [4.69, 9.17) is 14.2 Å². The minimum absolute atomic E-state index is 0.287. The number of hydrogen-bond donors (Lipinski definition) is 0. The molecule has 1 saturated heterocycles. The van der Waals surface area contributed by atoms with Gasteiger partial charge in [-0.25, -0.2) is 0 Å². The van der Waals surface area contributed by atoms with Gasteiger partial charge in [-0.2, -0.15) is 0 Å². The fraction of sp³-hybridized carbons (Fsp3) is 0.500. The molecule has 1 unspecified atom stereocenters. The fourth-order valence-electron chi connectivity index (χ4n) is 1.88. The van der Waals surface area contributed by atoms with Gasteiger partial charge in [0.25, 0.3) is 0 Å². The molecule has 4 heteroatoms. The van der Waals surface area contributed by atoms with E-state index in [1.54, 1.807) is 7.11 Å². The molecule has 1 fully saturated rings. The van der Waals surface area contributed by atoms with Crippen LogP contribution in [0.2, 0.25) is 0 Å². The standard InChI is InChI=1S/C14H18O4/c1-14(2)9-17-13(18-12(14)8-15)10-4-6-11(16-3)7-5-10/h4-8,12-13H,9H2,1-3H3/t12-,13?/m0/s1. The third-order valence-corrected chi connectivity index (χ3v) is 3.16. The van der Waals surface area contributed by atoms with Crippen molar-refractivity contribution in [1.29, 1.82) is 0 Å². The number of carbonyl (C=O) groups excluding carboxylic acids is 1. The van der Waals surface area contributed by atoms with E-state index in [9.17, 15) is 4.79 Å². The van der Waals surface area contributed by atoms with E-state index in [-0.39, 0.29) is 5.41 Å². The average molecular weight is 250 g/mol. The predicted molar refractivity (Wildman–Crippen MR) is 66.4 cm³/mol.